The van der Waals surface area contributed by atoms with Gasteiger partial charge in [0.15, 0.2) is 0 Å². The van der Waals surface area contributed by atoms with E-state index in [9.17, 15) is 26.4 Å². The largest absolute Gasteiger partial charge is 0.501 e. The molecule has 6 nitrogen and oxygen atoms in total. The molecule has 0 radical (unpaired) electrons. The minimum Gasteiger partial charge on any atom is -0.493 e. The maximum Gasteiger partial charge on any atom is 0.501 e. The van der Waals surface area contributed by atoms with E-state index in [2.05, 4.69) is 4.90 Å². The van der Waals surface area contributed by atoms with Gasteiger partial charge in [0.25, 0.3) is 9.84 Å². The number of nitrogens with zero attached hydrogens (tertiary/aromatic N) is 2. The van der Waals surface area contributed by atoms with Crippen LogP contribution in [0.1, 0.15) is 44.1 Å². The monoisotopic (exact) mass is 498 g/mol. The van der Waals surface area contributed by atoms with E-state index in [0.717, 1.165) is 56.7 Å². The highest BCUT2D eigenvalue weighted by Gasteiger charge is 2.46. The van der Waals surface area contributed by atoms with Crippen LogP contribution < -0.4 is 0 Å². The van der Waals surface area contributed by atoms with Crippen LogP contribution in [0.4, 0.5) is 13.2 Å². The van der Waals surface area contributed by atoms with E-state index in [1.54, 1.807) is 12.2 Å². The van der Waals surface area contributed by atoms with E-state index < -0.39 is 20.2 Å². The van der Waals surface area contributed by atoms with E-state index in [1.165, 1.54) is 25.0 Å². The van der Waals surface area contributed by atoms with Crippen molar-refractivity contribution >= 4 is 15.7 Å². The number of hydrogen-bond donors (Lipinski definition) is 0. The molecule has 0 aromatic heterocycles. The van der Waals surface area contributed by atoms with Gasteiger partial charge in [0.1, 0.15) is 6.61 Å². The number of benzene rings is 1. The molecule has 34 heavy (non-hydrogen) atoms. The van der Waals surface area contributed by atoms with E-state index in [1.807, 2.05) is 4.90 Å². The van der Waals surface area contributed by atoms with Crippen LogP contribution in [0.3, 0.4) is 0 Å². The third-order valence-corrected chi connectivity index (χ3v) is 8.16. The lowest BCUT2D eigenvalue weighted by Crippen LogP contribution is -2.43. The summed E-state index contributed by atoms with van der Waals surface area (Å²) in [5, 5.41) is 0. The summed E-state index contributed by atoms with van der Waals surface area (Å²) < 4.78 is 66.6. The van der Waals surface area contributed by atoms with Crippen molar-refractivity contribution in [2.45, 2.75) is 61.6 Å². The van der Waals surface area contributed by atoms with Crippen molar-refractivity contribution in [2.24, 2.45) is 0 Å². The summed E-state index contributed by atoms with van der Waals surface area (Å²) in [5.41, 5.74) is -4.01. The number of halogens is 3. The Kier molecular flexibility index (Phi) is 7.37. The molecule has 3 aliphatic rings. The van der Waals surface area contributed by atoms with Gasteiger partial charge in [-0.05, 0) is 69.0 Å². The van der Waals surface area contributed by atoms with Crippen LogP contribution in [-0.2, 0) is 26.0 Å². The molecule has 1 atom stereocenters. The smallest absolute Gasteiger partial charge is 0.493 e. The molecule has 1 aromatic rings. The summed E-state index contributed by atoms with van der Waals surface area (Å²) >= 11 is 0. The number of sulfone groups is 1. The summed E-state index contributed by atoms with van der Waals surface area (Å²) in [6, 6.07) is 4.75. The van der Waals surface area contributed by atoms with E-state index in [-0.39, 0.29) is 18.6 Å². The van der Waals surface area contributed by atoms with Crippen LogP contribution >= 0.6 is 0 Å². The van der Waals surface area contributed by atoms with Crippen LogP contribution in [0.2, 0.25) is 0 Å². The maximum atomic E-state index is 13.1. The normalized spacial score (nSPS) is 22.0. The molecule has 10 heteroatoms. The summed E-state index contributed by atoms with van der Waals surface area (Å²) in [4.78, 5) is 16.8. The van der Waals surface area contributed by atoms with Crippen molar-refractivity contribution in [1.29, 1.82) is 0 Å². The van der Waals surface area contributed by atoms with Gasteiger partial charge in [0.2, 0.25) is 5.91 Å². The predicted molar refractivity (Wildman–Crippen MR) is 120 cm³/mol. The number of allylic oxidation sites excluding steroid dienone is 3. The molecular weight excluding hydrogens is 469 g/mol. The number of likely N-dealkylation sites (tertiary alicyclic amines) is 2. The first-order chi connectivity index (χ1) is 16.1. The van der Waals surface area contributed by atoms with Gasteiger partial charge in [-0.15, -0.1) is 0 Å². The molecule has 2 fully saturated rings. The Morgan fingerprint density at radius 3 is 2.32 bits per heavy atom. The van der Waals surface area contributed by atoms with Gasteiger partial charge in [-0.3, -0.25) is 4.79 Å². The summed E-state index contributed by atoms with van der Waals surface area (Å²) in [7, 11) is -5.36. The summed E-state index contributed by atoms with van der Waals surface area (Å²) in [6.45, 7) is 4.07. The summed E-state index contributed by atoms with van der Waals surface area (Å²) in [6.07, 6.45) is 9.24. The standard InChI is InChI=1S/C24H29F3N2O4S/c25-24(26,27)34(31,32)22-11-5-18(6-12-22)17-33-21-9-7-19(8-10-21)23(30)29-15-3-4-20(29)16-28-13-1-2-14-28/h5-7,9,11-12,20H,1-4,8,10,13-17H2. The van der Waals surface area contributed by atoms with Gasteiger partial charge < -0.3 is 14.5 Å². The highest BCUT2D eigenvalue weighted by atomic mass is 32.2. The Bertz CT molecular complexity index is 1060. The number of carbonyl (C=O) groups is 1. The quantitative estimate of drug-likeness (QED) is 0.564. The van der Waals surface area contributed by atoms with Gasteiger partial charge in [-0.2, -0.15) is 13.2 Å². The van der Waals surface area contributed by atoms with Crippen LogP contribution in [0.15, 0.2) is 52.6 Å². The molecular formula is C24H29F3N2O4S. The highest BCUT2D eigenvalue weighted by Crippen LogP contribution is 2.31. The van der Waals surface area contributed by atoms with Crippen molar-refractivity contribution in [1.82, 2.24) is 9.80 Å². The highest BCUT2D eigenvalue weighted by molar-refractivity contribution is 7.92. The van der Waals surface area contributed by atoms with Crippen LogP contribution in [0, 0.1) is 0 Å². The van der Waals surface area contributed by atoms with Crippen molar-refractivity contribution in [3.05, 3.63) is 53.3 Å². The van der Waals surface area contributed by atoms with Gasteiger partial charge in [0.05, 0.1) is 10.7 Å². The van der Waals surface area contributed by atoms with E-state index in [0.29, 0.717) is 24.2 Å². The third-order valence-electron chi connectivity index (χ3n) is 6.65. The number of carbonyl (C=O) groups excluding carboxylic acids is 1. The fourth-order valence-corrected chi connectivity index (χ4v) is 5.49. The molecule has 2 heterocycles. The second kappa shape index (κ2) is 10.1. The lowest BCUT2D eigenvalue weighted by atomic mass is 10.0. The Balaban J connectivity index is 1.32. The number of amides is 1. The molecule has 1 amide bonds. The predicted octanol–water partition coefficient (Wildman–Crippen LogP) is 4.19. The topological polar surface area (TPSA) is 66.9 Å². The number of hydrogen-bond acceptors (Lipinski definition) is 5. The minimum absolute atomic E-state index is 0.0958. The maximum absolute atomic E-state index is 13.1. The number of alkyl halides is 3. The molecule has 0 saturated carbocycles. The molecule has 2 aliphatic heterocycles. The molecule has 0 N–H and O–H groups in total. The Labute approximate surface area is 198 Å². The average molecular weight is 499 g/mol. The number of ether oxygens (including phenoxy) is 1. The first-order valence-electron chi connectivity index (χ1n) is 11.6. The van der Waals surface area contributed by atoms with E-state index in [4.69, 9.17) is 4.74 Å². The molecule has 0 spiro atoms. The van der Waals surface area contributed by atoms with Gasteiger partial charge in [-0.1, -0.05) is 18.2 Å². The Morgan fingerprint density at radius 1 is 1.00 bits per heavy atom. The lowest BCUT2D eigenvalue weighted by molar-refractivity contribution is -0.128. The number of rotatable bonds is 7. The van der Waals surface area contributed by atoms with Gasteiger partial charge in [0, 0.05) is 31.1 Å². The zero-order valence-electron chi connectivity index (χ0n) is 18.9. The molecule has 0 bridgehead atoms. The zero-order chi connectivity index (χ0) is 24.3. The van der Waals surface area contributed by atoms with Gasteiger partial charge >= 0.3 is 5.51 Å². The van der Waals surface area contributed by atoms with Crippen LogP contribution in [-0.4, -0.2) is 61.9 Å². The SMILES string of the molecule is O=C(C1=CC=C(OCc2ccc(S(=O)(=O)C(F)(F)F)cc2)CC1)N1CCCC1CN1CCCC1. The minimum atomic E-state index is -5.36. The van der Waals surface area contributed by atoms with Crippen molar-refractivity contribution < 1.29 is 31.1 Å². The fourth-order valence-electron chi connectivity index (χ4n) is 4.73. The van der Waals surface area contributed by atoms with Crippen molar-refractivity contribution in [3.8, 4) is 0 Å². The third kappa shape index (κ3) is 5.49. The second-order valence-corrected chi connectivity index (χ2v) is 11.0. The van der Waals surface area contributed by atoms with Crippen LogP contribution in [0.25, 0.3) is 0 Å². The zero-order valence-corrected chi connectivity index (χ0v) is 19.7. The van der Waals surface area contributed by atoms with E-state index >= 15 is 0 Å². The second-order valence-electron chi connectivity index (χ2n) is 9.01. The Hall–Kier alpha value is -2.33. The average Bonchev–Trinajstić information content (AvgIpc) is 3.50. The molecule has 2 saturated heterocycles. The molecule has 1 unspecified atom stereocenters. The molecule has 4 rings (SSSR count). The van der Waals surface area contributed by atoms with Gasteiger partial charge in [-0.25, -0.2) is 8.42 Å². The summed E-state index contributed by atoms with van der Waals surface area (Å²) in [5.74, 6) is 0.775. The Morgan fingerprint density at radius 2 is 1.71 bits per heavy atom. The van der Waals surface area contributed by atoms with Crippen molar-refractivity contribution in [2.75, 3.05) is 26.2 Å². The van der Waals surface area contributed by atoms with Crippen molar-refractivity contribution in [3.63, 3.8) is 0 Å². The lowest BCUT2D eigenvalue weighted by Gasteiger charge is -2.30. The first kappa shape index (κ1) is 24.8. The molecule has 186 valence electrons. The van der Waals surface area contributed by atoms with Crippen LogP contribution in [0.5, 0.6) is 0 Å². The fraction of sp³-hybridized carbons (Fsp3) is 0.542. The molecule has 1 aliphatic carbocycles. The molecule has 1 aromatic carbocycles. The first-order valence-corrected chi connectivity index (χ1v) is 13.1.